The van der Waals surface area contributed by atoms with Crippen LogP contribution in [0.3, 0.4) is 0 Å². The van der Waals surface area contributed by atoms with Crippen LogP contribution in [0.5, 0.6) is 0 Å². The minimum Gasteiger partial charge on any atom is -0.343 e. The van der Waals surface area contributed by atoms with Gasteiger partial charge in [0.2, 0.25) is 0 Å². The average molecular weight is 371 g/mol. The van der Waals surface area contributed by atoms with E-state index >= 15 is 0 Å². The third-order valence-corrected chi connectivity index (χ3v) is 5.74. The number of halogens is 2. The molecule has 4 rings (SSSR count). The minimum atomic E-state index is -0.512. The summed E-state index contributed by atoms with van der Waals surface area (Å²) in [6, 6.07) is 8.51. The summed E-state index contributed by atoms with van der Waals surface area (Å²) in [5.74, 6) is 0.350. The van der Waals surface area contributed by atoms with Gasteiger partial charge in [0.05, 0.1) is 27.6 Å². The zero-order chi connectivity index (χ0) is 18.3. The number of benzene rings is 2. The van der Waals surface area contributed by atoms with Crippen LogP contribution in [0, 0.1) is 5.82 Å². The zero-order valence-electron chi connectivity index (χ0n) is 14.6. The molecule has 0 radical (unpaired) electrons. The molecule has 2 aliphatic rings. The van der Waals surface area contributed by atoms with Crippen molar-refractivity contribution in [3.8, 4) is 11.1 Å². The van der Waals surface area contributed by atoms with Crippen LogP contribution in [0.2, 0.25) is 5.02 Å². The smallest absolute Gasteiger partial charge is 0.152 e. The first kappa shape index (κ1) is 17.2. The van der Waals surface area contributed by atoms with Gasteiger partial charge in [-0.3, -0.25) is 9.79 Å². The molecule has 1 fully saturated rings. The maximum atomic E-state index is 14.2. The molecule has 5 heteroatoms. The Bertz CT molecular complexity index is 916. The Morgan fingerprint density at radius 2 is 1.96 bits per heavy atom. The van der Waals surface area contributed by atoms with Crippen molar-refractivity contribution in [1.29, 1.82) is 0 Å². The largest absolute Gasteiger partial charge is 0.343 e. The van der Waals surface area contributed by atoms with Crippen molar-refractivity contribution in [1.82, 2.24) is 0 Å². The molecule has 1 aliphatic heterocycles. The van der Waals surface area contributed by atoms with E-state index in [9.17, 15) is 9.18 Å². The summed E-state index contributed by atoms with van der Waals surface area (Å²) in [6.45, 7) is 1.96. The summed E-state index contributed by atoms with van der Waals surface area (Å²) >= 11 is 6.51. The molecule has 1 spiro atoms. The van der Waals surface area contributed by atoms with E-state index in [-0.39, 0.29) is 11.1 Å². The number of amidine groups is 1. The van der Waals surface area contributed by atoms with Crippen molar-refractivity contribution in [3.63, 3.8) is 0 Å². The fourth-order valence-corrected chi connectivity index (χ4v) is 4.50. The lowest BCUT2D eigenvalue weighted by Crippen LogP contribution is -2.35. The molecule has 2 aromatic rings. The van der Waals surface area contributed by atoms with Gasteiger partial charge in [0.15, 0.2) is 6.29 Å². The van der Waals surface area contributed by atoms with Gasteiger partial charge in [-0.15, -0.1) is 0 Å². The molecule has 0 bridgehead atoms. The van der Waals surface area contributed by atoms with E-state index in [1.165, 1.54) is 18.6 Å². The fourth-order valence-electron chi connectivity index (χ4n) is 4.30. The number of aldehydes is 1. The van der Waals surface area contributed by atoms with Gasteiger partial charge in [0.25, 0.3) is 0 Å². The van der Waals surface area contributed by atoms with Gasteiger partial charge in [0.1, 0.15) is 5.82 Å². The van der Waals surface area contributed by atoms with Crippen molar-refractivity contribution in [2.24, 2.45) is 4.99 Å². The van der Waals surface area contributed by atoms with Gasteiger partial charge in [-0.25, -0.2) is 4.39 Å². The molecule has 0 saturated heterocycles. The molecule has 134 valence electrons. The summed E-state index contributed by atoms with van der Waals surface area (Å²) in [5.41, 5.74) is 3.33. The Balaban J connectivity index is 1.96. The van der Waals surface area contributed by atoms with E-state index in [0.29, 0.717) is 11.3 Å². The van der Waals surface area contributed by atoms with E-state index in [1.807, 2.05) is 19.1 Å². The van der Waals surface area contributed by atoms with Gasteiger partial charge < -0.3 is 5.32 Å². The summed E-state index contributed by atoms with van der Waals surface area (Å²) in [7, 11) is 0. The van der Waals surface area contributed by atoms with Crippen LogP contribution in [0.1, 0.15) is 54.9 Å². The number of carbonyl (C=O) groups excluding carboxylic acids is 1. The highest BCUT2D eigenvalue weighted by Crippen LogP contribution is 2.51. The maximum absolute atomic E-state index is 14.2. The third kappa shape index (κ3) is 2.73. The Hall–Kier alpha value is -2.20. The molecule has 3 nitrogen and oxygen atoms in total. The molecule has 2 aromatic carbocycles. The van der Waals surface area contributed by atoms with Crippen LogP contribution in [-0.2, 0) is 5.54 Å². The van der Waals surface area contributed by atoms with E-state index in [0.717, 1.165) is 53.9 Å². The van der Waals surface area contributed by atoms with Gasteiger partial charge >= 0.3 is 0 Å². The standard InChI is InChI=1S/C21H20ClFN2O/c1-13-24-20-17(22)8-7-16(14-5-6-15(12-26)18(23)11-14)19(20)21(25-13)9-3-2-4-10-21/h5-8,11-12H,2-4,9-10H2,1H3,(H,24,25). The molecule has 1 N–H and O–H groups in total. The van der Waals surface area contributed by atoms with Gasteiger partial charge in [0, 0.05) is 5.56 Å². The molecule has 1 heterocycles. The molecular weight excluding hydrogens is 351 g/mol. The summed E-state index contributed by atoms with van der Waals surface area (Å²) in [6.07, 6.45) is 5.88. The predicted octanol–water partition coefficient (Wildman–Crippen LogP) is 5.96. The Morgan fingerprint density at radius 1 is 1.19 bits per heavy atom. The minimum absolute atomic E-state index is 0.0657. The van der Waals surface area contributed by atoms with Gasteiger partial charge in [-0.05, 0) is 49.1 Å². The first-order chi connectivity index (χ1) is 12.5. The number of hydrogen-bond donors (Lipinski definition) is 1. The lowest BCUT2D eigenvalue weighted by atomic mass is 9.73. The highest BCUT2D eigenvalue weighted by molar-refractivity contribution is 6.34. The highest BCUT2D eigenvalue weighted by atomic mass is 35.5. The summed E-state index contributed by atoms with van der Waals surface area (Å²) < 4.78 is 14.2. The van der Waals surface area contributed by atoms with Crippen molar-refractivity contribution in [3.05, 3.63) is 52.3 Å². The first-order valence-corrected chi connectivity index (χ1v) is 9.33. The Morgan fingerprint density at radius 3 is 2.65 bits per heavy atom. The fraction of sp³-hybridized carbons (Fsp3) is 0.333. The van der Waals surface area contributed by atoms with Crippen molar-refractivity contribution in [2.75, 3.05) is 5.32 Å². The number of rotatable bonds is 2. The lowest BCUT2D eigenvalue weighted by molar-refractivity contribution is 0.112. The topological polar surface area (TPSA) is 41.5 Å². The number of aliphatic imine (C=N–C) groups is 1. The van der Waals surface area contributed by atoms with Crippen molar-refractivity contribution >= 4 is 29.4 Å². The number of anilines is 1. The van der Waals surface area contributed by atoms with E-state index < -0.39 is 5.82 Å². The Labute approximate surface area is 157 Å². The number of nitrogens with one attached hydrogen (secondary N) is 1. The highest BCUT2D eigenvalue weighted by Gasteiger charge is 2.40. The monoisotopic (exact) mass is 370 g/mol. The molecule has 0 aromatic heterocycles. The van der Waals surface area contributed by atoms with Crippen LogP contribution in [0.4, 0.5) is 10.1 Å². The van der Waals surface area contributed by atoms with Crippen LogP contribution < -0.4 is 5.32 Å². The summed E-state index contributed by atoms with van der Waals surface area (Å²) in [5, 5.41) is 3.96. The second-order valence-electron chi connectivity index (χ2n) is 7.11. The van der Waals surface area contributed by atoms with Crippen molar-refractivity contribution < 1.29 is 9.18 Å². The van der Waals surface area contributed by atoms with E-state index in [4.69, 9.17) is 16.6 Å². The molecule has 0 amide bonds. The summed E-state index contributed by atoms with van der Waals surface area (Å²) in [4.78, 5) is 15.9. The van der Waals surface area contributed by atoms with Crippen molar-refractivity contribution in [2.45, 2.75) is 44.6 Å². The zero-order valence-corrected chi connectivity index (χ0v) is 15.4. The molecule has 0 unspecified atom stereocenters. The molecular formula is C21H20ClFN2O. The molecule has 26 heavy (non-hydrogen) atoms. The number of carbonyl (C=O) groups is 1. The van der Waals surface area contributed by atoms with E-state index in [2.05, 4.69) is 5.32 Å². The first-order valence-electron chi connectivity index (χ1n) is 8.96. The van der Waals surface area contributed by atoms with Gasteiger partial charge in [-0.2, -0.15) is 0 Å². The normalized spacial score (nSPS) is 18.0. The van der Waals surface area contributed by atoms with Crippen LogP contribution in [0.25, 0.3) is 11.1 Å². The van der Waals surface area contributed by atoms with Crippen LogP contribution >= 0.6 is 11.6 Å². The lowest BCUT2D eigenvalue weighted by Gasteiger charge is -2.40. The third-order valence-electron chi connectivity index (χ3n) is 5.43. The number of nitrogens with zero attached hydrogens (tertiary/aromatic N) is 1. The van der Waals surface area contributed by atoms with Crippen LogP contribution in [-0.4, -0.2) is 12.1 Å². The molecule has 1 aliphatic carbocycles. The predicted molar refractivity (Wildman–Crippen MR) is 104 cm³/mol. The molecule has 0 atom stereocenters. The van der Waals surface area contributed by atoms with E-state index in [1.54, 1.807) is 6.07 Å². The number of fused-ring (bicyclic) bond motifs is 2. The number of hydrogen-bond acceptors (Lipinski definition) is 3. The second-order valence-corrected chi connectivity index (χ2v) is 7.52. The van der Waals surface area contributed by atoms with Crippen LogP contribution in [0.15, 0.2) is 35.3 Å². The second kappa shape index (κ2) is 6.51. The quantitative estimate of drug-likeness (QED) is 0.662. The SMILES string of the molecule is CC1=NC2(CCCCC2)c2c(-c3ccc(C=O)c(F)c3)ccc(Cl)c2N1. The maximum Gasteiger partial charge on any atom is 0.152 e. The average Bonchev–Trinajstić information content (AvgIpc) is 2.63. The Kier molecular flexibility index (Phi) is 4.31. The molecule has 1 saturated carbocycles. The van der Waals surface area contributed by atoms with Gasteiger partial charge in [-0.1, -0.05) is 43.0 Å².